The van der Waals surface area contributed by atoms with Gasteiger partial charge >= 0.3 is 0 Å². The predicted molar refractivity (Wildman–Crippen MR) is 109 cm³/mol. The van der Waals surface area contributed by atoms with Crippen molar-refractivity contribution in [1.82, 2.24) is 9.55 Å². The van der Waals surface area contributed by atoms with Crippen LogP contribution >= 0.6 is 11.6 Å². The summed E-state index contributed by atoms with van der Waals surface area (Å²) in [5.74, 6) is 0.526. The van der Waals surface area contributed by atoms with E-state index in [1.165, 1.54) is 10.6 Å². The molecule has 0 aliphatic rings. The summed E-state index contributed by atoms with van der Waals surface area (Å²) in [6, 6.07) is 21.2. The minimum atomic E-state index is -0.204. The van der Waals surface area contributed by atoms with E-state index in [1.54, 1.807) is 48.5 Å². The topological polar surface area (TPSA) is 55.1 Å². The molecule has 5 heteroatoms. The molecule has 0 aliphatic heterocycles. The number of rotatable bonds is 3. The summed E-state index contributed by atoms with van der Waals surface area (Å²) in [6.45, 7) is 0. The van der Waals surface area contributed by atoms with Crippen LogP contribution < -0.4 is 5.56 Å². The molecule has 0 saturated heterocycles. The molecular weight excluding hydrogens is 360 g/mol. The Bertz CT molecular complexity index is 1230. The van der Waals surface area contributed by atoms with Crippen molar-refractivity contribution in [3.8, 4) is 11.4 Å². The molecule has 0 spiro atoms. The zero-order chi connectivity index (χ0) is 18.8. The molecule has 132 valence electrons. The largest absolute Gasteiger partial charge is 0.508 e. The highest BCUT2D eigenvalue weighted by atomic mass is 35.5. The predicted octanol–water partition coefficient (Wildman–Crippen LogP) is 4.92. The molecule has 0 amide bonds. The second-order valence-electron chi connectivity index (χ2n) is 6.00. The van der Waals surface area contributed by atoms with Gasteiger partial charge in [-0.3, -0.25) is 9.36 Å². The zero-order valence-electron chi connectivity index (χ0n) is 14.2. The molecule has 27 heavy (non-hydrogen) atoms. The summed E-state index contributed by atoms with van der Waals surface area (Å²) in [4.78, 5) is 17.8. The molecule has 0 fully saturated rings. The first-order chi connectivity index (χ1) is 13.1. The molecule has 1 aromatic heterocycles. The van der Waals surface area contributed by atoms with Crippen molar-refractivity contribution in [2.24, 2.45) is 0 Å². The maximum atomic E-state index is 13.1. The zero-order valence-corrected chi connectivity index (χ0v) is 15.0. The molecule has 1 N–H and O–H groups in total. The lowest BCUT2D eigenvalue weighted by Crippen LogP contribution is -2.22. The van der Waals surface area contributed by atoms with Crippen molar-refractivity contribution in [2.45, 2.75) is 0 Å². The lowest BCUT2D eigenvalue weighted by atomic mass is 10.2. The van der Waals surface area contributed by atoms with E-state index in [0.717, 1.165) is 5.56 Å². The van der Waals surface area contributed by atoms with Crippen LogP contribution in [0.25, 0.3) is 28.7 Å². The van der Waals surface area contributed by atoms with Crippen LogP contribution in [0, 0.1) is 0 Å². The number of benzene rings is 3. The molecule has 0 bridgehead atoms. The standard InChI is InChI=1S/C22H15ClN2O2/c23-19-10-3-1-6-15(19)12-13-21-24-20-11-4-2-9-18(20)22(27)25(21)16-7-5-8-17(26)14-16/h1-14,26H/b13-12-. The first-order valence-corrected chi connectivity index (χ1v) is 8.75. The molecule has 4 rings (SSSR count). The number of halogens is 1. The minimum absolute atomic E-state index is 0.0774. The van der Waals surface area contributed by atoms with Crippen LogP contribution in [0.1, 0.15) is 11.4 Å². The Kier molecular flexibility index (Phi) is 4.48. The summed E-state index contributed by atoms with van der Waals surface area (Å²) < 4.78 is 1.48. The van der Waals surface area contributed by atoms with Gasteiger partial charge < -0.3 is 5.11 Å². The van der Waals surface area contributed by atoms with Crippen LogP contribution in [-0.2, 0) is 0 Å². The number of fused-ring (bicyclic) bond motifs is 1. The quantitative estimate of drug-likeness (QED) is 0.554. The van der Waals surface area contributed by atoms with Crippen molar-refractivity contribution >= 4 is 34.7 Å². The fourth-order valence-electron chi connectivity index (χ4n) is 2.92. The molecule has 0 radical (unpaired) electrons. The average Bonchev–Trinajstić information content (AvgIpc) is 2.67. The van der Waals surface area contributed by atoms with Gasteiger partial charge in [-0.05, 0) is 48.0 Å². The van der Waals surface area contributed by atoms with Gasteiger partial charge in [0.1, 0.15) is 11.6 Å². The maximum Gasteiger partial charge on any atom is 0.266 e. The third-order valence-electron chi connectivity index (χ3n) is 4.21. The van der Waals surface area contributed by atoms with Gasteiger partial charge in [-0.25, -0.2) is 4.98 Å². The number of hydrogen-bond donors (Lipinski definition) is 1. The van der Waals surface area contributed by atoms with Crippen LogP contribution in [0.15, 0.2) is 77.6 Å². The highest BCUT2D eigenvalue weighted by Gasteiger charge is 2.11. The first-order valence-electron chi connectivity index (χ1n) is 8.37. The minimum Gasteiger partial charge on any atom is -0.508 e. The maximum absolute atomic E-state index is 13.1. The van der Waals surface area contributed by atoms with Crippen LogP contribution in [0.4, 0.5) is 0 Å². The van der Waals surface area contributed by atoms with Crippen LogP contribution in [0.5, 0.6) is 5.75 Å². The van der Waals surface area contributed by atoms with Gasteiger partial charge in [0.05, 0.1) is 16.6 Å². The second-order valence-corrected chi connectivity index (χ2v) is 6.41. The Hall–Kier alpha value is -3.37. The van der Waals surface area contributed by atoms with Crippen molar-refractivity contribution < 1.29 is 5.11 Å². The number of aromatic hydroxyl groups is 1. The van der Waals surface area contributed by atoms with E-state index in [1.807, 2.05) is 30.3 Å². The van der Waals surface area contributed by atoms with Crippen LogP contribution in [0.3, 0.4) is 0 Å². The summed E-state index contributed by atoms with van der Waals surface area (Å²) >= 11 is 6.22. The molecular formula is C22H15ClN2O2. The van der Waals surface area contributed by atoms with Crippen molar-refractivity contribution in [2.75, 3.05) is 0 Å². The van der Waals surface area contributed by atoms with Crippen molar-refractivity contribution in [3.05, 3.63) is 99.6 Å². The highest BCUT2D eigenvalue weighted by Crippen LogP contribution is 2.20. The molecule has 3 aromatic carbocycles. The van der Waals surface area contributed by atoms with Crippen LogP contribution in [0.2, 0.25) is 5.02 Å². The Morgan fingerprint density at radius 1 is 0.926 bits per heavy atom. The van der Waals surface area contributed by atoms with Gasteiger partial charge in [0.2, 0.25) is 0 Å². The summed E-state index contributed by atoms with van der Waals surface area (Å²) in [6.07, 6.45) is 3.57. The molecule has 0 saturated carbocycles. The van der Waals surface area contributed by atoms with Crippen LogP contribution in [-0.4, -0.2) is 14.7 Å². The lowest BCUT2D eigenvalue weighted by Gasteiger charge is -2.11. The Labute approximate surface area is 160 Å². The van der Waals surface area contributed by atoms with Gasteiger partial charge in [-0.15, -0.1) is 0 Å². The second kappa shape index (κ2) is 7.09. The fourth-order valence-corrected chi connectivity index (χ4v) is 3.12. The monoisotopic (exact) mass is 374 g/mol. The number of nitrogens with zero attached hydrogens (tertiary/aromatic N) is 2. The van der Waals surface area contributed by atoms with Gasteiger partial charge in [-0.1, -0.05) is 48.0 Å². The van der Waals surface area contributed by atoms with Crippen molar-refractivity contribution in [3.63, 3.8) is 0 Å². The molecule has 1 heterocycles. The Morgan fingerprint density at radius 3 is 2.52 bits per heavy atom. The van der Waals surface area contributed by atoms with E-state index in [2.05, 4.69) is 4.98 Å². The molecule has 4 aromatic rings. The summed E-state index contributed by atoms with van der Waals surface area (Å²) in [5, 5.41) is 11.0. The highest BCUT2D eigenvalue weighted by molar-refractivity contribution is 6.32. The van der Waals surface area contributed by atoms with Gasteiger partial charge in [0.15, 0.2) is 0 Å². The average molecular weight is 375 g/mol. The number of aromatic nitrogens is 2. The van der Waals surface area contributed by atoms with Gasteiger partial charge in [0, 0.05) is 11.1 Å². The SMILES string of the molecule is O=c1c2ccccc2nc(/C=C\c2ccccc2Cl)n1-c1cccc(O)c1. The van der Waals surface area contributed by atoms with E-state index in [4.69, 9.17) is 11.6 Å². The smallest absolute Gasteiger partial charge is 0.266 e. The summed E-state index contributed by atoms with van der Waals surface area (Å²) in [7, 11) is 0. The van der Waals surface area contributed by atoms with E-state index in [0.29, 0.717) is 27.4 Å². The molecule has 0 unspecified atom stereocenters. The summed E-state index contributed by atoms with van der Waals surface area (Å²) in [5.41, 5.74) is 1.77. The van der Waals surface area contributed by atoms with Gasteiger partial charge in [0.25, 0.3) is 5.56 Å². The molecule has 0 atom stereocenters. The normalized spacial score (nSPS) is 11.3. The lowest BCUT2D eigenvalue weighted by molar-refractivity contribution is 0.475. The number of hydrogen-bond acceptors (Lipinski definition) is 3. The third-order valence-corrected chi connectivity index (χ3v) is 4.55. The Balaban J connectivity index is 1.97. The Morgan fingerprint density at radius 2 is 1.70 bits per heavy atom. The third kappa shape index (κ3) is 3.35. The number of phenolic OH excluding ortho intramolecular Hbond substituents is 1. The fraction of sp³-hybridized carbons (Fsp3) is 0. The molecule has 0 aliphatic carbocycles. The van der Waals surface area contributed by atoms with E-state index in [-0.39, 0.29) is 11.3 Å². The van der Waals surface area contributed by atoms with Gasteiger partial charge in [-0.2, -0.15) is 0 Å². The number of phenols is 1. The van der Waals surface area contributed by atoms with E-state index in [9.17, 15) is 9.90 Å². The van der Waals surface area contributed by atoms with E-state index < -0.39 is 0 Å². The first kappa shape index (κ1) is 17.1. The number of para-hydroxylation sites is 1. The van der Waals surface area contributed by atoms with E-state index >= 15 is 0 Å². The van der Waals surface area contributed by atoms with Crippen molar-refractivity contribution in [1.29, 1.82) is 0 Å². The molecule has 4 nitrogen and oxygen atoms in total.